The Labute approximate surface area is 64.7 Å². The first kappa shape index (κ1) is 8.77. The molecule has 0 fully saturated rings. The summed E-state index contributed by atoms with van der Waals surface area (Å²) in [6.07, 6.45) is 0. The second-order valence-corrected chi connectivity index (χ2v) is 4.16. The Morgan fingerprint density at radius 1 is 1.50 bits per heavy atom. The van der Waals surface area contributed by atoms with Gasteiger partial charge in [-0.2, -0.15) is 0 Å². The normalized spacial score (nSPS) is 16.1. The fourth-order valence-corrected chi connectivity index (χ4v) is 1.20. The van der Waals surface area contributed by atoms with Gasteiger partial charge in [-0.15, -0.1) is 11.6 Å². The van der Waals surface area contributed by atoms with Gasteiger partial charge in [0.2, 0.25) is 0 Å². The minimum absolute atomic E-state index is 0.227. The van der Waals surface area contributed by atoms with Crippen molar-refractivity contribution < 1.29 is 0 Å². The molecule has 0 N–H and O–H groups in total. The predicted octanol–water partition coefficient (Wildman–Crippen LogP) is 3.03. The van der Waals surface area contributed by atoms with Crippen LogP contribution in [0.25, 0.3) is 0 Å². The Balaban J connectivity index is 3.62. The van der Waals surface area contributed by atoms with Gasteiger partial charge in [-0.05, 0) is 5.41 Å². The molecule has 0 saturated carbocycles. The fraction of sp³-hybridized carbons (Fsp3) is 1.00. The molecule has 0 amide bonds. The number of hydrogen-bond acceptors (Lipinski definition) is 0. The molecule has 0 heterocycles. The van der Waals surface area contributed by atoms with Gasteiger partial charge >= 0.3 is 0 Å². The summed E-state index contributed by atoms with van der Waals surface area (Å²) < 4.78 is 0. The second-order valence-electron chi connectivity index (χ2n) is 2.99. The molecule has 0 aromatic heterocycles. The highest BCUT2D eigenvalue weighted by atomic mass is 79.9. The standard InChI is InChI=1S/C6H12BrCl/c1-6(2,3)5(8)4-7/h5H,4H2,1-3H3. The van der Waals surface area contributed by atoms with Crippen molar-refractivity contribution in [2.24, 2.45) is 5.41 Å². The first-order chi connectivity index (χ1) is 3.48. The number of halogens is 2. The summed E-state index contributed by atoms with van der Waals surface area (Å²) in [7, 11) is 0. The maximum absolute atomic E-state index is 5.89. The van der Waals surface area contributed by atoms with E-state index in [4.69, 9.17) is 11.6 Å². The van der Waals surface area contributed by atoms with Crippen LogP contribution in [0.15, 0.2) is 0 Å². The van der Waals surface area contributed by atoms with Crippen LogP contribution in [0.1, 0.15) is 20.8 Å². The van der Waals surface area contributed by atoms with Gasteiger partial charge in [0.1, 0.15) is 0 Å². The molecule has 0 bridgehead atoms. The average Bonchev–Trinajstić information content (AvgIpc) is 1.62. The highest BCUT2D eigenvalue weighted by molar-refractivity contribution is 9.09. The van der Waals surface area contributed by atoms with E-state index < -0.39 is 0 Å². The largest absolute Gasteiger partial charge is 0.122 e. The van der Waals surface area contributed by atoms with Crippen molar-refractivity contribution in [2.75, 3.05) is 5.33 Å². The van der Waals surface area contributed by atoms with Gasteiger partial charge in [0.05, 0.1) is 0 Å². The molecule has 0 aromatic rings. The smallest absolute Gasteiger partial charge is 0.0481 e. The Morgan fingerprint density at radius 3 is 1.88 bits per heavy atom. The van der Waals surface area contributed by atoms with E-state index in [0.29, 0.717) is 0 Å². The molecular weight excluding hydrogens is 187 g/mol. The SMILES string of the molecule is CC(C)(C)C(Cl)CBr. The molecular formula is C6H12BrCl. The summed E-state index contributed by atoms with van der Waals surface area (Å²) in [6, 6.07) is 0. The molecule has 0 saturated heterocycles. The van der Waals surface area contributed by atoms with Crippen LogP contribution < -0.4 is 0 Å². The summed E-state index contributed by atoms with van der Waals surface area (Å²) >= 11 is 9.21. The molecule has 0 aromatic carbocycles. The highest BCUT2D eigenvalue weighted by Gasteiger charge is 2.20. The van der Waals surface area contributed by atoms with Crippen molar-refractivity contribution in [1.82, 2.24) is 0 Å². The fourth-order valence-electron chi connectivity index (χ4n) is 0.231. The van der Waals surface area contributed by atoms with Crippen molar-refractivity contribution in [2.45, 2.75) is 26.1 Å². The van der Waals surface area contributed by atoms with Crippen LogP contribution in [0.4, 0.5) is 0 Å². The maximum atomic E-state index is 5.89. The third-order valence-electron chi connectivity index (χ3n) is 1.08. The zero-order chi connectivity index (χ0) is 6.78. The van der Waals surface area contributed by atoms with E-state index in [-0.39, 0.29) is 10.8 Å². The maximum Gasteiger partial charge on any atom is 0.0481 e. The van der Waals surface area contributed by atoms with E-state index in [1.165, 1.54) is 0 Å². The third-order valence-corrected chi connectivity index (χ3v) is 2.90. The minimum Gasteiger partial charge on any atom is -0.122 e. The monoisotopic (exact) mass is 198 g/mol. The van der Waals surface area contributed by atoms with E-state index in [0.717, 1.165) is 5.33 Å². The van der Waals surface area contributed by atoms with Crippen molar-refractivity contribution in [3.63, 3.8) is 0 Å². The first-order valence-corrected chi connectivity index (χ1v) is 4.24. The predicted molar refractivity (Wildman–Crippen MR) is 42.9 cm³/mol. The molecule has 0 aliphatic carbocycles. The number of alkyl halides is 2. The molecule has 0 spiro atoms. The lowest BCUT2D eigenvalue weighted by atomic mass is 9.93. The Hall–Kier alpha value is 0.770. The lowest BCUT2D eigenvalue weighted by Gasteiger charge is -2.22. The molecule has 2 heteroatoms. The highest BCUT2D eigenvalue weighted by Crippen LogP contribution is 2.25. The van der Waals surface area contributed by atoms with E-state index >= 15 is 0 Å². The van der Waals surface area contributed by atoms with Gasteiger partial charge in [0.15, 0.2) is 0 Å². The van der Waals surface area contributed by atoms with Crippen LogP contribution in [0, 0.1) is 5.41 Å². The van der Waals surface area contributed by atoms with Gasteiger partial charge in [-0.25, -0.2) is 0 Å². The summed E-state index contributed by atoms with van der Waals surface area (Å²) in [5.41, 5.74) is 0.227. The summed E-state index contributed by atoms with van der Waals surface area (Å²) in [5.74, 6) is 0. The van der Waals surface area contributed by atoms with Gasteiger partial charge in [-0.1, -0.05) is 36.7 Å². The summed E-state index contributed by atoms with van der Waals surface area (Å²) in [5, 5.41) is 1.11. The van der Waals surface area contributed by atoms with Gasteiger partial charge in [0.25, 0.3) is 0 Å². The summed E-state index contributed by atoms with van der Waals surface area (Å²) in [6.45, 7) is 6.39. The Bertz CT molecular complexity index is 65.4. The number of hydrogen-bond donors (Lipinski definition) is 0. The van der Waals surface area contributed by atoms with Crippen LogP contribution in [-0.4, -0.2) is 10.7 Å². The van der Waals surface area contributed by atoms with Gasteiger partial charge in [-0.3, -0.25) is 0 Å². The van der Waals surface area contributed by atoms with E-state index in [9.17, 15) is 0 Å². The molecule has 1 unspecified atom stereocenters. The van der Waals surface area contributed by atoms with Gasteiger partial charge < -0.3 is 0 Å². The molecule has 8 heavy (non-hydrogen) atoms. The van der Waals surface area contributed by atoms with E-state index in [2.05, 4.69) is 36.7 Å². The van der Waals surface area contributed by atoms with Crippen LogP contribution in [0.5, 0.6) is 0 Å². The zero-order valence-corrected chi connectivity index (χ0v) is 7.88. The van der Waals surface area contributed by atoms with Crippen molar-refractivity contribution in [3.8, 4) is 0 Å². The van der Waals surface area contributed by atoms with Crippen molar-refractivity contribution >= 4 is 27.5 Å². The lowest BCUT2D eigenvalue weighted by Crippen LogP contribution is -2.21. The molecule has 0 rings (SSSR count). The van der Waals surface area contributed by atoms with E-state index in [1.807, 2.05) is 0 Å². The molecule has 50 valence electrons. The second kappa shape index (κ2) is 3.07. The quantitative estimate of drug-likeness (QED) is 0.570. The first-order valence-electron chi connectivity index (χ1n) is 2.68. The minimum atomic E-state index is 0.227. The Kier molecular flexibility index (Phi) is 3.37. The topological polar surface area (TPSA) is 0 Å². The molecule has 0 nitrogen and oxygen atoms in total. The van der Waals surface area contributed by atoms with Crippen LogP contribution in [0.2, 0.25) is 0 Å². The van der Waals surface area contributed by atoms with Crippen molar-refractivity contribution in [1.29, 1.82) is 0 Å². The molecule has 0 radical (unpaired) electrons. The Morgan fingerprint density at radius 2 is 1.88 bits per heavy atom. The molecule has 0 aliphatic rings. The van der Waals surface area contributed by atoms with E-state index in [1.54, 1.807) is 0 Å². The molecule has 1 atom stereocenters. The van der Waals surface area contributed by atoms with Crippen LogP contribution in [0.3, 0.4) is 0 Å². The van der Waals surface area contributed by atoms with Crippen LogP contribution >= 0.6 is 27.5 Å². The lowest BCUT2D eigenvalue weighted by molar-refractivity contribution is 0.410. The zero-order valence-electron chi connectivity index (χ0n) is 5.54. The number of rotatable bonds is 1. The van der Waals surface area contributed by atoms with Crippen molar-refractivity contribution in [3.05, 3.63) is 0 Å². The average molecular weight is 200 g/mol. The van der Waals surface area contributed by atoms with Crippen LogP contribution in [-0.2, 0) is 0 Å². The van der Waals surface area contributed by atoms with Gasteiger partial charge in [0, 0.05) is 10.7 Å². The third kappa shape index (κ3) is 2.93. The molecule has 0 aliphatic heterocycles. The summed E-state index contributed by atoms with van der Waals surface area (Å²) in [4.78, 5) is 0.